The van der Waals surface area contributed by atoms with Crippen LogP contribution in [0.2, 0.25) is 13.1 Å². The van der Waals surface area contributed by atoms with Gasteiger partial charge >= 0.3 is 5.97 Å². The Morgan fingerprint density at radius 3 is 1.67 bits per heavy atom. The van der Waals surface area contributed by atoms with Gasteiger partial charge in [-0.3, -0.25) is 0 Å². The van der Waals surface area contributed by atoms with Gasteiger partial charge < -0.3 is 9.53 Å². The van der Waals surface area contributed by atoms with Gasteiger partial charge in [0, 0.05) is 0 Å². The maximum Gasteiger partial charge on any atom is 0.331 e. The SMILES string of the molecule is CCCCCCCCCCCCCCCCC(O[Si](C)(C)c1ccccc1)C(=O)O. The molecular weight excluding hydrogens is 388 g/mol. The molecule has 1 rings (SSSR count). The minimum Gasteiger partial charge on any atom is -0.479 e. The normalized spacial score (nSPS) is 12.8. The molecule has 1 aromatic rings. The standard InChI is InChI=1S/C26H46O3Si/c1-4-5-6-7-8-9-10-11-12-13-14-15-16-20-23-25(26(27)28)29-30(2,3)24-21-18-17-19-22-24/h17-19,21-22,25H,4-16,20,23H2,1-3H3,(H,27,28). The number of unbranched alkanes of at least 4 members (excludes halogenated alkanes) is 13. The zero-order chi connectivity index (χ0) is 22.1. The van der Waals surface area contributed by atoms with Crippen LogP contribution in [0.25, 0.3) is 0 Å². The average molecular weight is 435 g/mol. The predicted molar refractivity (Wildman–Crippen MR) is 131 cm³/mol. The van der Waals surface area contributed by atoms with Gasteiger partial charge in [0.2, 0.25) is 8.32 Å². The molecule has 0 bridgehead atoms. The van der Waals surface area contributed by atoms with Crippen LogP contribution in [0.4, 0.5) is 0 Å². The van der Waals surface area contributed by atoms with Crippen molar-refractivity contribution in [2.45, 2.75) is 122 Å². The van der Waals surface area contributed by atoms with Crippen molar-refractivity contribution in [1.29, 1.82) is 0 Å². The summed E-state index contributed by atoms with van der Waals surface area (Å²) in [5.41, 5.74) is 0. The van der Waals surface area contributed by atoms with Crippen molar-refractivity contribution in [2.75, 3.05) is 0 Å². The third-order valence-corrected chi connectivity index (χ3v) is 8.60. The van der Waals surface area contributed by atoms with E-state index < -0.39 is 20.4 Å². The van der Waals surface area contributed by atoms with Gasteiger partial charge in [0.1, 0.15) is 6.10 Å². The predicted octanol–water partition coefficient (Wildman–Crippen LogP) is 7.44. The minimum atomic E-state index is -2.19. The number of hydrogen-bond acceptors (Lipinski definition) is 2. The molecule has 0 aliphatic heterocycles. The maximum atomic E-state index is 11.7. The van der Waals surface area contributed by atoms with E-state index in [1.807, 2.05) is 18.2 Å². The second-order valence-electron chi connectivity index (χ2n) is 9.21. The molecule has 0 saturated heterocycles. The molecule has 0 fully saturated rings. The summed E-state index contributed by atoms with van der Waals surface area (Å²) >= 11 is 0. The fraction of sp³-hybridized carbons (Fsp3) is 0.731. The fourth-order valence-electron chi connectivity index (χ4n) is 4.02. The Morgan fingerprint density at radius 1 is 0.800 bits per heavy atom. The molecule has 30 heavy (non-hydrogen) atoms. The van der Waals surface area contributed by atoms with Crippen LogP contribution in [0.15, 0.2) is 30.3 Å². The van der Waals surface area contributed by atoms with Crippen LogP contribution in [0.1, 0.15) is 103 Å². The third kappa shape index (κ3) is 12.5. The maximum absolute atomic E-state index is 11.7. The number of carboxylic acids is 1. The molecule has 0 radical (unpaired) electrons. The lowest BCUT2D eigenvalue weighted by Gasteiger charge is -2.27. The minimum absolute atomic E-state index is 0.622. The summed E-state index contributed by atoms with van der Waals surface area (Å²) in [5.74, 6) is -0.818. The first-order chi connectivity index (χ1) is 14.5. The van der Waals surface area contributed by atoms with Crippen LogP contribution in [-0.2, 0) is 9.22 Å². The lowest BCUT2D eigenvalue weighted by molar-refractivity contribution is -0.145. The molecule has 0 spiro atoms. The van der Waals surface area contributed by atoms with E-state index >= 15 is 0 Å². The molecule has 1 N–H and O–H groups in total. The van der Waals surface area contributed by atoms with Crippen molar-refractivity contribution in [1.82, 2.24) is 0 Å². The van der Waals surface area contributed by atoms with E-state index in [0.29, 0.717) is 6.42 Å². The summed E-state index contributed by atoms with van der Waals surface area (Å²) in [6.45, 7) is 6.44. The largest absolute Gasteiger partial charge is 0.479 e. The van der Waals surface area contributed by atoms with E-state index in [9.17, 15) is 9.90 Å². The summed E-state index contributed by atoms with van der Waals surface area (Å²) < 4.78 is 6.14. The van der Waals surface area contributed by atoms with Crippen LogP contribution in [-0.4, -0.2) is 25.5 Å². The van der Waals surface area contributed by atoms with Crippen molar-refractivity contribution >= 4 is 19.5 Å². The quantitative estimate of drug-likeness (QED) is 0.182. The van der Waals surface area contributed by atoms with Crippen molar-refractivity contribution < 1.29 is 14.3 Å². The number of carbonyl (C=O) groups is 1. The summed E-state index contributed by atoms with van der Waals surface area (Å²) in [6, 6.07) is 10.1. The van der Waals surface area contributed by atoms with Gasteiger partial charge in [0.25, 0.3) is 0 Å². The second-order valence-corrected chi connectivity index (χ2v) is 13.0. The number of hydrogen-bond donors (Lipinski definition) is 1. The number of carboxylic acid groups (broad SMARTS) is 1. The van der Waals surface area contributed by atoms with Crippen LogP contribution >= 0.6 is 0 Å². The van der Waals surface area contributed by atoms with E-state index in [-0.39, 0.29) is 0 Å². The lowest BCUT2D eigenvalue weighted by Crippen LogP contribution is -2.49. The first-order valence-corrected chi connectivity index (χ1v) is 15.3. The van der Waals surface area contributed by atoms with Crippen molar-refractivity contribution in [3.63, 3.8) is 0 Å². The Labute approximate surface area is 186 Å². The number of aliphatic carboxylic acids is 1. The molecular formula is C26H46O3Si. The molecule has 1 aromatic carbocycles. The third-order valence-electron chi connectivity index (χ3n) is 6.00. The molecule has 0 saturated carbocycles. The highest BCUT2D eigenvalue weighted by atomic mass is 28.4. The summed E-state index contributed by atoms with van der Waals surface area (Å²) in [4.78, 5) is 11.7. The smallest absolute Gasteiger partial charge is 0.331 e. The van der Waals surface area contributed by atoms with Gasteiger partial charge in [-0.15, -0.1) is 0 Å². The van der Waals surface area contributed by atoms with Crippen LogP contribution in [0.3, 0.4) is 0 Å². The monoisotopic (exact) mass is 434 g/mol. The number of rotatable bonds is 19. The van der Waals surface area contributed by atoms with Gasteiger partial charge in [-0.05, 0) is 24.7 Å². The van der Waals surface area contributed by atoms with Crippen molar-refractivity contribution in [2.24, 2.45) is 0 Å². The summed E-state index contributed by atoms with van der Waals surface area (Å²) in [6.07, 6.45) is 18.3. The first kappa shape index (κ1) is 26.9. The van der Waals surface area contributed by atoms with Gasteiger partial charge in [0.15, 0.2) is 0 Å². The van der Waals surface area contributed by atoms with Crippen LogP contribution in [0.5, 0.6) is 0 Å². The molecule has 0 aliphatic carbocycles. The summed E-state index contributed by atoms with van der Waals surface area (Å²) in [7, 11) is -2.19. The second kappa shape index (κ2) is 16.5. The molecule has 1 atom stereocenters. The fourth-order valence-corrected chi connectivity index (χ4v) is 6.08. The van der Waals surface area contributed by atoms with E-state index in [1.165, 1.54) is 77.0 Å². The molecule has 0 heterocycles. The Hall–Kier alpha value is -1.13. The Bertz CT molecular complexity index is 544. The first-order valence-electron chi connectivity index (χ1n) is 12.4. The summed E-state index contributed by atoms with van der Waals surface area (Å²) in [5, 5.41) is 10.7. The Balaban J connectivity index is 2.08. The highest BCUT2D eigenvalue weighted by Gasteiger charge is 2.31. The van der Waals surface area contributed by atoms with Gasteiger partial charge in [-0.1, -0.05) is 127 Å². The van der Waals surface area contributed by atoms with Crippen LogP contribution in [0, 0.1) is 0 Å². The molecule has 172 valence electrons. The van der Waals surface area contributed by atoms with E-state index in [1.54, 1.807) is 0 Å². The molecule has 0 amide bonds. The zero-order valence-electron chi connectivity index (χ0n) is 19.8. The topological polar surface area (TPSA) is 46.5 Å². The van der Waals surface area contributed by atoms with E-state index in [0.717, 1.165) is 18.0 Å². The Kier molecular flexibility index (Phi) is 14.8. The lowest BCUT2D eigenvalue weighted by atomic mass is 10.0. The molecule has 0 aliphatic rings. The number of benzene rings is 1. The zero-order valence-corrected chi connectivity index (χ0v) is 20.8. The highest BCUT2D eigenvalue weighted by Crippen LogP contribution is 2.17. The van der Waals surface area contributed by atoms with Gasteiger partial charge in [-0.2, -0.15) is 0 Å². The Morgan fingerprint density at radius 2 is 1.23 bits per heavy atom. The molecule has 4 heteroatoms. The van der Waals surface area contributed by atoms with E-state index in [4.69, 9.17) is 4.43 Å². The van der Waals surface area contributed by atoms with E-state index in [2.05, 4.69) is 32.2 Å². The average Bonchev–Trinajstić information content (AvgIpc) is 2.73. The molecule has 0 aromatic heterocycles. The molecule has 1 unspecified atom stereocenters. The van der Waals surface area contributed by atoms with Gasteiger partial charge in [0.05, 0.1) is 0 Å². The van der Waals surface area contributed by atoms with Gasteiger partial charge in [-0.25, -0.2) is 4.79 Å². The molecule has 3 nitrogen and oxygen atoms in total. The van der Waals surface area contributed by atoms with Crippen molar-refractivity contribution in [3.05, 3.63) is 30.3 Å². The van der Waals surface area contributed by atoms with Crippen LogP contribution < -0.4 is 5.19 Å². The van der Waals surface area contributed by atoms with Crippen molar-refractivity contribution in [3.8, 4) is 0 Å². The highest BCUT2D eigenvalue weighted by molar-refractivity contribution is 6.84.